The zero-order valence-corrected chi connectivity index (χ0v) is 20.2. The lowest BCUT2D eigenvalue weighted by molar-refractivity contribution is -0.140. The number of ether oxygens (including phenoxy) is 2. The summed E-state index contributed by atoms with van der Waals surface area (Å²) in [5.41, 5.74) is 2.07. The Morgan fingerprint density at radius 2 is 1.58 bits per heavy atom. The van der Waals surface area contributed by atoms with E-state index in [1.54, 1.807) is 42.5 Å². The molecule has 6 heteroatoms. The van der Waals surface area contributed by atoms with Gasteiger partial charge < -0.3 is 19.5 Å². The van der Waals surface area contributed by atoms with Gasteiger partial charge in [0, 0.05) is 12.1 Å². The zero-order valence-electron chi connectivity index (χ0n) is 20.2. The number of amides is 1. The Kier molecular flexibility index (Phi) is 7.85. The molecule has 3 aromatic carbocycles. The normalized spacial score (nSPS) is 16.7. The summed E-state index contributed by atoms with van der Waals surface area (Å²) in [5.74, 6) is -0.277. The number of likely N-dealkylation sites (tertiary alicyclic amines) is 1. The van der Waals surface area contributed by atoms with E-state index in [1.807, 2.05) is 49.4 Å². The number of Topliss-reactive ketones (excluding diaryl/α,β-unsaturated/α-hetero) is 1. The summed E-state index contributed by atoms with van der Waals surface area (Å²) in [4.78, 5) is 27.9. The number of aliphatic hydroxyl groups excluding tert-OH is 1. The second kappa shape index (κ2) is 11.4. The molecule has 4 rings (SSSR count). The van der Waals surface area contributed by atoms with E-state index in [0.29, 0.717) is 35.8 Å². The van der Waals surface area contributed by atoms with E-state index in [2.05, 4.69) is 6.58 Å². The van der Waals surface area contributed by atoms with E-state index in [1.165, 1.54) is 4.90 Å². The number of carbonyl (C=O) groups excluding carboxylic acids is 2. The first-order valence-electron chi connectivity index (χ1n) is 11.9. The predicted molar refractivity (Wildman–Crippen MR) is 139 cm³/mol. The standard InChI is InChI=1S/C30H29NO5/c1-3-18-35-24-14-10-22(11-15-24)27-26(28(32)23-12-16-25(17-13-23)36-19-4-2)29(33)30(34)31(27)20-21-8-6-5-7-9-21/h3,5-17,27,32H,1,4,18-20H2,2H3/b28-26+. The van der Waals surface area contributed by atoms with Crippen molar-refractivity contribution in [2.24, 2.45) is 0 Å². The second-order valence-corrected chi connectivity index (χ2v) is 8.45. The third-order valence-corrected chi connectivity index (χ3v) is 5.90. The highest BCUT2D eigenvalue weighted by atomic mass is 16.5. The molecule has 1 aliphatic rings. The molecule has 1 amide bonds. The van der Waals surface area contributed by atoms with Gasteiger partial charge >= 0.3 is 0 Å². The molecule has 6 nitrogen and oxygen atoms in total. The Balaban J connectivity index is 1.75. The van der Waals surface area contributed by atoms with Crippen LogP contribution in [0.2, 0.25) is 0 Å². The van der Waals surface area contributed by atoms with Gasteiger partial charge in [0.25, 0.3) is 11.7 Å². The van der Waals surface area contributed by atoms with Gasteiger partial charge in [-0.1, -0.05) is 62.0 Å². The SMILES string of the molecule is C=CCOc1ccc(C2/C(=C(\O)c3ccc(OCCC)cc3)C(=O)C(=O)N2Cc2ccccc2)cc1. The molecule has 1 N–H and O–H groups in total. The van der Waals surface area contributed by atoms with Gasteiger partial charge in [0.1, 0.15) is 23.9 Å². The lowest BCUT2D eigenvalue weighted by atomic mass is 9.95. The summed E-state index contributed by atoms with van der Waals surface area (Å²) in [5, 5.41) is 11.3. The van der Waals surface area contributed by atoms with Gasteiger partial charge in [-0.15, -0.1) is 0 Å². The molecule has 0 bridgehead atoms. The van der Waals surface area contributed by atoms with Gasteiger partial charge in [0.2, 0.25) is 0 Å². The van der Waals surface area contributed by atoms with Crippen LogP contribution < -0.4 is 9.47 Å². The van der Waals surface area contributed by atoms with Gasteiger partial charge in [-0.05, 0) is 53.9 Å². The molecule has 1 saturated heterocycles. The summed E-state index contributed by atoms with van der Waals surface area (Å²) in [6, 6.07) is 22.7. The van der Waals surface area contributed by atoms with E-state index < -0.39 is 17.7 Å². The first-order chi connectivity index (χ1) is 17.5. The molecule has 1 atom stereocenters. The summed E-state index contributed by atoms with van der Waals surface area (Å²) in [7, 11) is 0. The van der Waals surface area contributed by atoms with Gasteiger partial charge in [-0.25, -0.2) is 0 Å². The van der Waals surface area contributed by atoms with E-state index in [9.17, 15) is 14.7 Å². The Morgan fingerprint density at radius 3 is 2.22 bits per heavy atom. The van der Waals surface area contributed by atoms with Crippen molar-refractivity contribution in [3.63, 3.8) is 0 Å². The summed E-state index contributed by atoms with van der Waals surface area (Å²) in [6.07, 6.45) is 2.53. The maximum absolute atomic E-state index is 13.3. The number of rotatable bonds is 10. The molecule has 1 heterocycles. The second-order valence-electron chi connectivity index (χ2n) is 8.45. The molecule has 1 unspecified atom stereocenters. The fourth-order valence-corrected chi connectivity index (χ4v) is 4.16. The molecule has 0 spiro atoms. The van der Waals surface area contributed by atoms with Crippen molar-refractivity contribution in [3.05, 3.63) is 114 Å². The minimum absolute atomic E-state index is 0.0536. The van der Waals surface area contributed by atoms with Crippen molar-refractivity contribution < 1.29 is 24.2 Å². The average Bonchev–Trinajstić information content (AvgIpc) is 3.16. The number of nitrogens with zero attached hydrogens (tertiary/aromatic N) is 1. The number of benzene rings is 3. The molecule has 3 aromatic rings. The molecule has 36 heavy (non-hydrogen) atoms. The fourth-order valence-electron chi connectivity index (χ4n) is 4.16. The van der Waals surface area contributed by atoms with Crippen LogP contribution in [0.5, 0.6) is 11.5 Å². The maximum atomic E-state index is 13.3. The summed E-state index contributed by atoms with van der Waals surface area (Å²) >= 11 is 0. The van der Waals surface area contributed by atoms with Crippen LogP contribution in [0.1, 0.15) is 36.1 Å². The quantitative estimate of drug-likeness (QED) is 0.174. The minimum Gasteiger partial charge on any atom is -0.507 e. The van der Waals surface area contributed by atoms with Crippen molar-refractivity contribution in [1.82, 2.24) is 4.90 Å². The van der Waals surface area contributed by atoms with Crippen LogP contribution in [0.3, 0.4) is 0 Å². The van der Waals surface area contributed by atoms with Crippen LogP contribution in [0.25, 0.3) is 5.76 Å². The van der Waals surface area contributed by atoms with Crippen molar-refractivity contribution in [2.45, 2.75) is 25.9 Å². The predicted octanol–water partition coefficient (Wildman–Crippen LogP) is 5.66. The molecule has 0 saturated carbocycles. The van der Waals surface area contributed by atoms with Crippen LogP contribution in [-0.2, 0) is 16.1 Å². The van der Waals surface area contributed by atoms with Crippen molar-refractivity contribution >= 4 is 17.4 Å². The molecular weight excluding hydrogens is 454 g/mol. The summed E-state index contributed by atoms with van der Waals surface area (Å²) in [6.45, 7) is 6.85. The van der Waals surface area contributed by atoms with Crippen molar-refractivity contribution in [2.75, 3.05) is 13.2 Å². The number of hydrogen-bond acceptors (Lipinski definition) is 5. The highest BCUT2D eigenvalue weighted by molar-refractivity contribution is 6.46. The number of ketones is 1. The molecule has 1 fully saturated rings. The first kappa shape index (κ1) is 24.8. The maximum Gasteiger partial charge on any atom is 0.295 e. The number of aliphatic hydroxyl groups is 1. The molecule has 0 radical (unpaired) electrons. The third kappa shape index (κ3) is 5.33. The molecular formula is C30H29NO5. The Hall–Kier alpha value is -4.32. The van der Waals surface area contributed by atoms with E-state index in [0.717, 1.165) is 12.0 Å². The lowest BCUT2D eigenvalue weighted by Gasteiger charge is -2.25. The van der Waals surface area contributed by atoms with E-state index in [4.69, 9.17) is 9.47 Å². The largest absolute Gasteiger partial charge is 0.507 e. The summed E-state index contributed by atoms with van der Waals surface area (Å²) < 4.78 is 11.2. The van der Waals surface area contributed by atoms with Crippen LogP contribution in [0.4, 0.5) is 0 Å². The average molecular weight is 484 g/mol. The smallest absolute Gasteiger partial charge is 0.295 e. The van der Waals surface area contributed by atoms with Crippen LogP contribution >= 0.6 is 0 Å². The van der Waals surface area contributed by atoms with Crippen molar-refractivity contribution in [1.29, 1.82) is 0 Å². The Labute approximate surface area is 211 Å². The fraction of sp³-hybridized carbons (Fsp3) is 0.200. The van der Waals surface area contributed by atoms with E-state index in [-0.39, 0.29) is 17.9 Å². The minimum atomic E-state index is -0.755. The monoisotopic (exact) mass is 483 g/mol. The lowest BCUT2D eigenvalue weighted by Crippen LogP contribution is -2.29. The Bertz CT molecular complexity index is 1250. The molecule has 0 aliphatic carbocycles. The topological polar surface area (TPSA) is 76.1 Å². The van der Waals surface area contributed by atoms with Crippen LogP contribution in [-0.4, -0.2) is 34.9 Å². The molecule has 1 aliphatic heterocycles. The van der Waals surface area contributed by atoms with E-state index >= 15 is 0 Å². The van der Waals surface area contributed by atoms with Gasteiger partial charge in [0.05, 0.1) is 18.2 Å². The molecule has 0 aromatic heterocycles. The van der Waals surface area contributed by atoms with Crippen LogP contribution in [0.15, 0.2) is 97.1 Å². The number of carbonyl (C=O) groups is 2. The zero-order chi connectivity index (χ0) is 25.5. The number of hydrogen-bond donors (Lipinski definition) is 1. The molecule has 184 valence electrons. The third-order valence-electron chi connectivity index (χ3n) is 5.90. The van der Waals surface area contributed by atoms with Gasteiger partial charge in [0.15, 0.2) is 0 Å². The van der Waals surface area contributed by atoms with Crippen LogP contribution in [0, 0.1) is 0 Å². The highest BCUT2D eigenvalue weighted by Crippen LogP contribution is 2.40. The highest BCUT2D eigenvalue weighted by Gasteiger charge is 2.46. The first-order valence-corrected chi connectivity index (χ1v) is 11.9. The van der Waals surface area contributed by atoms with Gasteiger partial charge in [-0.3, -0.25) is 9.59 Å². The Morgan fingerprint density at radius 1 is 0.944 bits per heavy atom. The van der Waals surface area contributed by atoms with Crippen molar-refractivity contribution in [3.8, 4) is 11.5 Å². The van der Waals surface area contributed by atoms with Gasteiger partial charge in [-0.2, -0.15) is 0 Å².